The number of amides is 1. The van der Waals surface area contributed by atoms with Gasteiger partial charge in [0.25, 0.3) is 0 Å². The molecular formula is C10H10NO3S-. The summed E-state index contributed by atoms with van der Waals surface area (Å²) in [5, 5.41) is 2.43. The van der Waals surface area contributed by atoms with Gasteiger partial charge in [-0.1, -0.05) is 12.1 Å². The summed E-state index contributed by atoms with van der Waals surface area (Å²) in [7, 11) is 1.52. The van der Waals surface area contributed by atoms with Crippen LogP contribution in [0.1, 0.15) is 5.56 Å². The summed E-state index contributed by atoms with van der Waals surface area (Å²) in [5.41, 5.74) is 0.667. The molecule has 1 amide bonds. The zero-order valence-corrected chi connectivity index (χ0v) is 8.91. The molecule has 1 atom stereocenters. The van der Waals surface area contributed by atoms with E-state index in [1.807, 2.05) is 0 Å². The van der Waals surface area contributed by atoms with Crippen molar-refractivity contribution in [2.75, 3.05) is 7.05 Å². The molecule has 80 valence electrons. The first-order chi connectivity index (χ1) is 7.13. The zero-order valence-electron chi connectivity index (χ0n) is 8.10. The van der Waals surface area contributed by atoms with Crippen molar-refractivity contribution in [3.05, 3.63) is 35.9 Å². The predicted octanol–water partition coefficient (Wildman–Crippen LogP) is 0.684. The van der Waals surface area contributed by atoms with Gasteiger partial charge in [-0.2, -0.15) is 0 Å². The third-order valence-corrected chi connectivity index (χ3v) is 2.36. The number of carbonyl (C=O) groups excluding carboxylic acids is 1. The Balaban J connectivity index is 2.87. The van der Waals surface area contributed by atoms with E-state index >= 15 is 0 Å². The molecule has 0 saturated heterocycles. The van der Waals surface area contributed by atoms with E-state index in [0.717, 1.165) is 0 Å². The van der Waals surface area contributed by atoms with Crippen molar-refractivity contribution in [2.24, 2.45) is 0 Å². The van der Waals surface area contributed by atoms with Crippen LogP contribution in [0.15, 0.2) is 35.2 Å². The van der Waals surface area contributed by atoms with Crippen LogP contribution in [0, 0.1) is 0 Å². The Morgan fingerprint density at radius 3 is 2.87 bits per heavy atom. The van der Waals surface area contributed by atoms with Crippen molar-refractivity contribution >= 4 is 23.1 Å². The number of benzene rings is 1. The van der Waals surface area contributed by atoms with E-state index in [4.69, 9.17) is 0 Å². The Morgan fingerprint density at radius 1 is 1.53 bits per heavy atom. The minimum Gasteiger partial charge on any atom is -0.768 e. The van der Waals surface area contributed by atoms with Crippen LogP contribution in [0.4, 0.5) is 0 Å². The monoisotopic (exact) mass is 224 g/mol. The number of nitrogens with one attached hydrogen (secondary N) is 1. The van der Waals surface area contributed by atoms with Gasteiger partial charge in [0.05, 0.1) is 0 Å². The molecule has 0 aliphatic heterocycles. The first-order valence-corrected chi connectivity index (χ1v) is 5.30. The number of likely N-dealkylation sites (N-methyl/N-ethyl adjacent to an activating group) is 1. The molecule has 0 spiro atoms. The Bertz CT molecular complexity index is 415. The van der Waals surface area contributed by atoms with Crippen LogP contribution in [0.2, 0.25) is 0 Å². The Labute approximate surface area is 90.3 Å². The lowest BCUT2D eigenvalue weighted by Gasteiger charge is -2.04. The fourth-order valence-electron chi connectivity index (χ4n) is 0.977. The molecule has 5 heteroatoms. The predicted molar refractivity (Wildman–Crippen MR) is 56.7 cm³/mol. The van der Waals surface area contributed by atoms with E-state index in [1.165, 1.54) is 25.3 Å². The number of hydrogen-bond acceptors (Lipinski definition) is 3. The van der Waals surface area contributed by atoms with E-state index < -0.39 is 11.1 Å². The lowest BCUT2D eigenvalue weighted by molar-refractivity contribution is -0.115. The molecule has 0 saturated carbocycles. The van der Waals surface area contributed by atoms with Crippen molar-refractivity contribution in [1.82, 2.24) is 5.32 Å². The quantitative estimate of drug-likeness (QED) is 0.606. The maximum atomic E-state index is 10.9. The molecule has 0 radical (unpaired) electrons. The minimum absolute atomic E-state index is 0.203. The second-order valence-corrected chi connectivity index (χ2v) is 3.70. The topological polar surface area (TPSA) is 69.2 Å². The summed E-state index contributed by atoms with van der Waals surface area (Å²) in [6.45, 7) is 0. The van der Waals surface area contributed by atoms with Crippen molar-refractivity contribution in [3.63, 3.8) is 0 Å². The molecule has 4 nitrogen and oxygen atoms in total. The van der Waals surface area contributed by atoms with Gasteiger partial charge in [0.2, 0.25) is 5.91 Å². The van der Waals surface area contributed by atoms with Gasteiger partial charge in [0, 0.05) is 18.0 Å². The van der Waals surface area contributed by atoms with Crippen LogP contribution in [0.5, 0.6) is 0 Å². The number of rotatable bonds is 3. The Morgan fingerprint density at radius 2 is 2.27 bits per heavy atom. The average Bonchev–Trinajstić information content (AvgIpc) is 2.26. The normalized spacial score (nSPS) is 12.7. The van der Waals surface area contributed by atoms with Crippen LogP contribution in [-0.2, 0) is 15.9 Å². The highest BCUT2D eigenvalue weighted by atomic mass is 32.2. The average molecular weight is 224 g/mol. The van der Waals surface area contributed by atoms with E-state index in [-0.39, 0.29) is 10.8 Å². The second-order valence-electron chi connectivity index (χ2n) is 2.75. The first-order valence-electron chi connectivity index (χ1n) is 4.22. The van der Waals surface area contributed by atoms with Crippen molar-refractivity contribution in [1.29, 1.82) is 0 Å². The molecule has 0 aliphatic rings. The molecule has 0 aromatic heterocycles. The zero-order chi connectivity index (χ0) is 11.3. The third-order valence-electron chi connectivity index (χ3n) is 1.72. The summed E-state index contributed by atoms with van der Waals surface area (Å²) < 4.78 is 21.3. The summed E-state index contributed by atoms with van der Waals surface area (Å²) in [6.07, 6.45) is 2.89. The highest BCUT2D eigenvalue weighted by molar-refractivity contribution is 7.79. The van der Waals surface area contributed by atoms with E-state index in [0.29, 0.717) is 5.56 Å². The Hall–Kier alpha value is -1.46. The van der Waals surface area contributed by atoms with Crippen LogP contribution in [0.25, 0.3) is 6.08 Å². The molecule has 1 N–H and O–H groups in total. The lowest BCUT2D eigenvalue weighted by atomic mass is 10.2. The molecule has 1 rings (SSSR count). The van der Waals surface area contributed by atoms with E-state index in [2.05, 4.69) is 5.32 Å². The van der Waals surface area contributed by atoms with Gasteiger partial charge in [0.1, 0.15) is 0 Å². The molecule has 0 bridgehead atoms. The second kappa shape index (κ2) is 5.43. The maximum Gasteiger partial charge on any atom is 0.243 e. The van der Waals surface area contributed by atoms with Crippen molar-refractivity contribution < 1.29 is 13.6 Å². The smallest absolute Gasteiger partial charge is 0.243 e. The summed E-state index contributed by atoms with van der Waals surface area (Å²) in [5.74, 6) is -0.233. The van der Waals surface area contributed by atoms with Gasteiger partial charge in [-0.25, -0.2) is 0 Å². The van der Waals surface area contributed by atoms with Gasteiger partial charge < -0.3 is 9.87 Å². The molecule has 0 heterocycles. The largest absolute Gasteiger partial charge is 0.768 e. The number of carbonyl (C=O) groups is 1. The minimum atomic E-state index is -2.24. The van der Waals surface area contributed by atoms with Gasteiger partial charge in [-0.15, -0.1) is 0 Å². The highest BCUT2D eigenvalue weighted by Crippen LogP contribution is 2.09. The van der Waals surface area contributed by atoms with E-state index in [1.54, 1.807) is 18.2 Å². The fraction of sp³-hybridized carbons (Fsp3) is 0.100. The van der Waals surface area contributed by atoms with Gasteiger partial charge >= 0.3 is 0 Å². The number of hydrogen-bond donors (Lipinski definition) is 1. The van der Waals surface area contributed by atoms with Gasteiger partial charge in [0.15, 0.2) is 0 Å². The van der Waals surface area contributed by atoms with Crippen molar-refractivity contribution in [2.45, 2.75) is 4.90 Å². The van der Waals surface area contributed by atoms with Gasteiger partial charge in [-0.05, 0) is 34.9 Å². The summed E-state index contributed by atoms with van der Waals surface area (Å²) in [4.78, 5) is 11.1. The standard InChI is InChI=1S/C10H11NO3S/c1-11-10(12)6-5-8-3-2-4-9(7-8)15(13)14/h2-7H,1H3,(H,11,12)(H,13,14)/p-1/b6-5+. The molecule has 1 aromatic carbocycles. The molecular weight excluding hydrogens is 214 g/mol. The van der Waals surface area contributed by atoms with Crippen LogP contribution < -0.4 is 5.32 Å². The molecule has 15 heavy (non-hydrogen) atoms. The molecule has 1 aromatic rings. The highest BCUT2D eigenvalue weighted by Gasteiger charge is 1.94. The lowest BCUT2D eigenvalue weighted by Crippen LogP contribution is -2.13. The van der Waals surface area contributed by atoms with Crippen LogP contribution in [-0.4, -0.2) is 21.7 Å². The summed E-state index contributed by atoms with van der Waals surface area (Å²) >= 11 is -2.24. The van der Waals surface area contributed by atoms with E-state index in [9.17, 15) is 13.6 Å². The molecule has 1 unspecified atom stereocenters. The SMILES string of the molecule is CNC(=O)/C=C/c1cccc(S(=O)[O-])c1. The third kappa shape index (κ3) is 3.65. The molecule has 0 fully saturated rings. The fourth-order valence-corrected chi connectivity index (χ4v) is 1.40. The summed E-state index contributed by atoms with van der Waals surface area (Å²) in [6, 6.07) is 6.31. The van der Waals surface area contributed by atoms with Crippen LogP contribution >= 0.6 is 0 Å². The Kier molecular flexibility index (Phi) is 4.20. The van der Waals surface area contributed by atoms with Crippen molar-refractivity contribution in [3.8, 4) is 0 Å². The molecule has 0 aliphatic carbocycles. The van der Waals surface area contributed by atoms with Crippen LogP contribution in [0.3, 0.4) is 0 Å². The van der Waals surface area contributed by atoms with Gasteiger partial charge in [-0.3, -0.25) is 9.00 Å². The maximum absolute atomic E-state index is 10.9. The first kappa shape index (κ1) is 11.6.